The summed E-state index contributed by atoms with van der Waals surface area (Å²) in [5, 5.41) is 0.770. The molecule has 0 unspecified atom stereocenters. The normalized spacial score (nSPS) is 10.6. The number of rotatable bonds is 4. The minimum absolute atomic E-state index is 0.643. The average molecular weight is 324 g/mol. The van der Waals surface area contributed by atoms with E-state index in [0.29, 0.717) is 6.54 Å². The molecule has 0 saturated heterocycles. The van der Waals surface area contributed by atoms with E-state index in [9.17, 15) is 0 Å². The highest BCUT2D eigenvalue weighted by atomic mass is 79.9. The maximum atomic E-state index is 5.63. The van der Waals surface area contributed by atoms with Gasteiger partial charge in [0.15, 0.2) is 5.16 Å². The van der Waals surface area contributed by atoms with Gasteiger partial charge in [-0.05, 0) is 55.4 Å². The fourth-order valence-electron chi connectivity index (χ4n) is 1.56. The Balaban J connectivity index is 2.29. The zero-order valence-electron chi connectivity index (χ0n) is 10.1. The van der Waals surface area contributed by atoms with Crippen molar-refractivity contribution in [1.82, 2.24) is 9.97 Å². The van der Waals surface area contributed by atoms with Crippen LogP contribution in [0, 0.1) is 6.92 Å². The molecule has 1 aromatic carbocycles. The van der Waals surface area contributed by atoms with Gasteiger partial charge in [0.2, 0.25) is 0 Å². The van der Waals surface area contributed by atoms with Crippen molar-refractivity contribution >= 4 is 27.7 Å². The van der Waals surface area contributed by atoms with E-state index in [1.165, 1.54) is 5.56 Å². The van der Waals surface area contributed by atoms with Crippen LogP contribution in [-0.2, 0) is 6.42 Å². The molecule has 0 saturated carbocycles. The van der Waals surface area contributed by atoms with Crippen molar-refractivity contribution in [3.63, 3.8) is 0 Å². The van der Waals surface area contributed by atoms with E-state index in [0.717, 1.165) is 26.6 Å². The molecule has 0 aliphatic rings. The third-order valence-electron chi connectivity index (χ3n) is 2.42. The van der Waals surface area contributed by atoms with Gasteiger partial charge < -0.3 is 5.73 Å². The molecule has 2 aromatic rings. The fraction of sp³-hybridized carbons (Fsp3) is 0.231. The Kier molecular flexibility index (Phi) is 4.74. The second-order valence-electron chi connectivity index (χ2n) is 3.87. The lowest BCUT2D eigenvalue weighted by atomic mass is 10.1. The van der Waals surface area contributed by atoms with E-state index in [-0.39, 0.29) is 0 Å². The van der Waals surface area contributed by atoms with Gasteiger partial charge in [0, 0.05) is 21.3 Å². The molecule has 5 heteroatoms. The molecular formula is C13H14BrN3S. The summed E-state index contributed by atoms with van der Waals surface area (Å²) in [6.45, 7) is 2.61. The molecule has 0 bridgehead atoms. The maximum absolute atomic E-state index is 5.63. The third kappa shape index (κ3) is 3.54. The van der Waals surface area contributed by atoms with Gasteiger partial charge in [0.25, 0.3) is 0 Å². The van der Waals surface area contributed by atoms with Gasteiger partial charge in [-0.15, -0.1) is 0 Å². The minimum Gasteiger partial charge on any atom is -0.330 e. The van der Waals surface area contributed by atoms with Crippen LogP contribution in [0.3, 0.4) is 0 Å². The van der Waals surface area contributed by atoms with Crippen molar-refractivity contribution in [1.29, 1.82) is 0 Å². The molecule has 94 valence electrons. The number of aromatic nitrogens is 2. The van der Waals surface area contributed by atoms with E-state index in [2.05, 4.69) is 38.0 Å². The molecule has 0 atom stereocenters. The van der Waals surface area contributed by atoms with Gasteiger partial charge in [-0.25, -0.2) is 9.97 Å². The first-order valence-corrected chi connectivity index (χ1v) is 7.26. The van der Waals surface area contributed by atoms with Crippen molar-refractivity contribution in [3.05, 3.63) is 46.2 Å². The number of benzene rings is 1. The molecule has 3 nitrogen and oxygen atoms in total. The van der Waals surface area contributed by atoms with Crippen LogP contribution >= 0.6 is 27.7 Å². The average Bonchev–Trinajstić information content (AvgIpc) is 2.33. The van der Waals surface area contributed by atoms with Crippen LogP contribution < -0.4 is 5.73 Å². The molecule has 1 heterocycles. The second-order valence-corrected chi connectivity index (χ2v) is 5.80. The quantitative estimate of drug-likeness (QED) is 0.878. The number of nitrogens with zero attached hydrogens (tertiary/aromatic N) is 2. The number of aryl methyl sites for hydroxylation is 1. The van der Waals surface area contributed by atoms with Crippen LogP contribution in [0.4, 0.5) is 0 Å². The third-order valence-corrected chi connectivity index (χ3v) is 3.89. The number of nitrogens with two attached hydrogens (primary N) is 1. The lowest BCUT2D eigenvalue weighted by molar-refractivity contribution is 0.920. The van der Waals surface area contributed by atoms with E-state index >= 15 is 0 Å². The molecular weight excluding hydrogens is 310 g/mol. The Hall–Kier alpha value is -0.910. The largest absolute Gasteiger partial charge is 0.330 e. The Morgan fingerprint density at radius 2 is 2.17 bits per heavy atom. The van der Waals surface area contributed by atoms with Crippen LogP contribution in [0.25, 0.3) is 0 Å². The van der Waals surface area contributed by atoms with Crippen molar-refractivity contribution in [2.45, 2.75) is 23.4 Å². The highest BCUT2D eigenvalue weighted by Gasteiger charge is 2.07. The molecule has 2 rings (SSSR count). The number of hydrogen-bond acceptors (Lipinski definition) is 4. The first kappa shape index (κ1) is 13.5. The predicted molar refractivity (Wildman–Crippen MR) is 77.8 cm³/mol. The van der Waals surface area contributed by atoms with Gasteiger partial charge in [-0.1, -0.05) is 22.0 Å². The van der Waals surface area contributed by atoms with Crippen LogP contribution in [0.5, 0.6) is 0 Å². The summed E-state index contributed by atoms with van der Waals surface area (Å²) in [6.07, 6.45) is 2.65. The molecule has 18 heavy (non-hydrogen) atoms. The summed E-state index contributed by atoms with van der Waals surface area (Å²) in [5.74, 6) is 0. The molecule has 0 fully saturated rings. The zero-order valence-corrected chi connectivity index (χ0v) is 12.5. The summed E-state index contributed by atoms with van der Waals surface area (Å²) >= 11 is 5.06. The Morgan fingerprint density at radius 3 is 2.89 bits per heavy atom. The molecule has 0 aliphatic carbocycles. The summed E-state index contributed by atoms with van der Waals surface area (Å²) < 4.78 is 1.05. The van der Waals surface area contributed by atoms with E-state index < -0.39 is 0 Å². The number of hydrogen-bond donors (Lipinski definition) is 1. The molecule has 0 aliphatic heterocycles. The van der Waals surface area contributed by atoms with Crippen LogP contribution in [0.2, 0.25) is 0 Å². The summed E-state index contributed by atoms with van der Waals surface area (Å²) in [5.41, 5.74) is 7.84. The lowest BCUT2D eigenvalue weighted by Crippen LogP contribution is -2.03. The van der Waals surface area contributed by atoms with Gasteiger partial charge in [0.1, 0.15) is 0 Å². The fourth-order valence-corrected chi connectivity index (χ4v) is 3.06. The standard InChI is InChI=1S/C13H14BrN3S/c1-9-5-7-16-13(17-9)18-12-8-11(14)3-2-10(12)4-6-15/h2-3,5,7-8H,4,6,15H2,1H3. The van der Waals surface area contributed by atoms with Crippen molar-refractivity contribution < 1.29 is 0 Å². The predicted octanol–water partition coefficient (Wildman–Crippen LogP) is 3.20. The molecule has 0 radical (unpaired) electrons. The number of halogens is 1. The Bertz CT molecular complexity index is 546. The smallest absolute Gasteiger partial charge is 0.192 e. The molecule has 0 spiro atoms. The van der Waals surface area contributed by atoms with Crippen molar-refractivity contribution in [3.8, 4) is 0 Å². The highest BCUT2D eigenvalue weighted by molar-refractivity contribution is 9.10. The summed E-state index contributed by atoms with van der Waals surface area (Å²) in [4.78, 5) is 9.83. The minimum atomic E-state index is 0.643. The van der Waals surface area contributed by atoms with E-state index in [4.69, 9.17) is 5.73 Å². The van der Waals surface area contributed by atoms with E-state index in [1.807, 2.05) is 19.1 Å². The van der Waals surface area contributed by atoms with Crippen molar-refractivity contribution in [2.24, 2.45) is 5.73 Å². The van der Waals surface area contributed by atoms with Crippen LogP contribution in [0.1, 0.15) is 11.3 Å². The summed E-state index contributed by atoms with van der Waals surface area (Å²) in [6, 6.07) is 8.11. The Labute approximate surface area is 119 Å². The van der Waals surface area contributed by atoms with Crippen LogP contribution in [0.15, 0.2) is 45.0 Å². The first-order chi connectivity index (χ1) is 8.69. The molecule has 2 N–H and O–H groups in total. The topological polar surface area (TPSA) is 51.8 Å². The second kappa shape index (κ2) is 6.31. The van der Waals surface area contributed by atoms with Crippen LogP contribution in [-0.4, -0.2) is 16.5 Å². The van der Waals surface area contributed by atoms with Gasteiger partial charge >= 0.3 is 0 Å². The van der Waals surface area contributed by atoms with Gasteiger partial charge in [-0.2, -0.15) is 0 Å². The zero-order chi connectivity index (χ0) is 13.0. The Morgan fingerprint density at radius 1 is 1.33 bits per heavy atom. The van der Waals surface area contributed by atoms with Gasteiger partial charge in [-0.3, -0.25) is 0 Å². The summed E-state index contributed by atoms with van der Waals surface area (Å²) in [7, 11) is 0. The van der Waals surface area contributed by atoms with Crippen molar-refractivity contribution in [2.75, 3.05) is 6.54 Å². The van der Waals surface area contributed by atoms with Gasteiger partial charge in [0.05, 0.1) is 0 Å². The maximum Gasteiger partial charge on any atom is 0.192 e. The monoisotopic (exact) mass is 323 g/mol. The highest BCUT2D eigenvalue weighted by Crippen LogP contribution is 2.30. The molecule has 0 amide bonds. The lowest BCUT2D eigenvalue weighted by Gasteiger charge is -2.08. The first-order valence-electron chi connectivity index (χ1n) is 5.65. The van der Waals surface area contributed by atoms with E-state index in [1.54, 1.807) is 18.0 Å². The SMILES string of the molecule is Cc1ccnc(Sc2cc(Br)ccc2CCN)n1. The molecule has 1 aromatic heterocycles.